The van der Waals surface area contributed by atoms with Crippen molar-refractivity contribution in [2.24, 2.45) is 5.92 Å². The first-order chi connectivity index (χ1) is 11.8. The molecule has 1 heterocycles. The molecule has 1 aromatic heterocycles. The molecule has 0 aliphatic rings. The van der Waals surface area contributed by atoms with Crippen LogP contribution in [0, 0.1) is 5.92 Å². The van der Waals surface area contributed by atoms with Gasteiger partial charge in [0.1, 0.15) is 0 Å². The third-order valence-electron chi connectivity index (χ3n) is 4.77. The van der Waals surface area contributed by atoms with E-state index in [4.69, 9.17) is 0 Å². The fraction of sp³-hybridized carbons (Fsp3) is 0.474. The average molecular weight is 344 g/mol. The SMILES string of the molecule is CCC(C)C(C)(O)CNC(=O)NC(C)c1cccc(-n2cccn2)c1. The zero-order valence-electron chi connectivity index (χ0n) is 15.4. The van der Waals surface area contributed by atoms with Gasteiger partial charge in [-0.1, -0.05) is 32.4 Å². The maximum atomic E-state index is 12.1. The first-order valence-electron chi connectivity index (χ1n) is 8.70. The maximum Gasteiger partial charge on any atom is 0.315 e. The lowest BCUT2D eigenvalue weighted by atomic mass is 9.89. The standard InChI is InChI=1S/C19H28N4O2/c1-5-14(2)19(4,25)13-20-18(24)22-15(3)16-8-6-9-17(12-16)23-11-7-10-21-23/h6-12,14-15,25H,5,13H2,1-4H3,(H2,20,22,24). The van der Waals surface area contributed by atoms with E-state index in [-0.39, 0.29) is 24.5 Å². The van der Waals surface area contributed by atoms with Gasteiger partial charge in [-0.3, -0.25) is 0 Å². The van der Waals surface area contributed by atoms with Crippen molar-refractivity contribution in [2.75, 3.05) is 6.54 Å². The van der Waals surface area contributed by atoms with E-state index in [0.29, 0.717) is 0 Å². The lowest BCUT2D eigenvalue weighted by Crippen LogP contribution is -2.48. The van der Waals surface area contributed by atoms with Crippen molar-refractivity contribution in [3.05, 3.63) is 48.3 Å². The number of nitrogens with zero attached hydrogens (tertiary/aromatic N) is 2. The molecule has 0 radical (unpaired) electrons. The zero-order valence-corrected chi connectivity index (χ0v) is 15.4. The molecule has 0 saturated heterocycles. The van der Waals surface area contributed by atoms with E-state index in [2.05, 4.69) is 15.7 Å². The van der Waals surface area contributed by atoms with E-state index < -0.39 is 5.60 Å². The molecule has 2 rings (SSSR count). The minimum atomic E-state index is -0.921. The van der Waals surface area contributed by atoms with E-state index in [1.54, 1.807) is 17.8 Å². The molecule has 3 N–H and O–H groups in total. The van der Waals surface area contributed by atoms with Crippen LogP contribution in [0.2, 0.25) is 0 Å². The van der Waals surface area contributed by atoms with Crippen molar-refractivity contribution in [2.45, 2.75) is 45.8 Å². The maximum absolute atomic E-state index is 12.1. The molecule has 6 nitrogen and oxygen atoms in total. The van der Waals surface area contributed by atoms with Crippen LogP contribution in [0.4, 0.5) is 4.79 Å². The topological polar surface area (TPSA) is 79.2 Å². The molecule has 0 aliphatic carbocycles. The number of nitrogens with one attached hydrogen (secondary N) is 2. The average Bonchev–Trinajstić information content (AvgIpc) is 3.14. The van der Waals surface area contributed by atoms with E-state index in [1.165, 1.54) is 0 Å². The molecular formula is C19H28N4O2. The summed E-state index contributed by atoms with van der Waals surface area (Å²) in [6.07, 6.45) is 4.46. The minimum Gasteiger partial charge on any atom is -0.388 e. The van der Waals surface area contributed by atoms with Crippen molar-refractivity contribution < 1.29 is 9.90 Å². The van der Waals surface area contributed by atoms with E-state index in [1.807, 2.05) is 57.3 Å². The van der Waals surface area contributed by atoms with Crippen molar-refractivity contribution in [3.8, 4) is 5.69 Å². The summed E-state index contributed by atoms with van der Waals surface area (Å²) in [7, 11) is 0. The Kier molecular flexibility index (Phi) is 6.20. The molecule has 136 valence electrons. The third kappa shape index (κ3) is 5.06. The summed E-state index contributed by atoms with van der Waals surface area (Å²) in [4.78, 5) is 12.1. The third-order valence-corrected chi connectivity index (χ3v) is 4.77. The summed E-state index contributed by atoms with van der Waals surface area (Å²) in [5, 5.41) is 20.3. The van der Waals surface area contributed by atoms with Crippen LogP contribution in [-0.2, 0) is 0 Å². The van der Waals surface area contributed by atoms with Gasteiger partial charge in [-0.25, -0.2) is 9.48 Å². The largest absolute Gasteiger partial charge is 0.388 e. The lowest BCUT2D eigenvalue weighted by molar-refractivity contribution is 0.00785. The van der Waals surface area contributed by atoms with Crippen LogP contribution in [0.3, 0.4) is 0 Å². The van der Waals surface area contributed by atoms with Gasteiger partial charge in [0.25, 0.3) is 0 Å². The Morgan fingerprint density at radius 2 is 2.12 bits per heavy atom. The number of urea groups is 1. The molecule has 25 heavy (non-hydrogen) atoms. The fourth-order valence-corrected chi connectivity index (χ4v) is 2.56. The van der Waals surface area contributed by atoms with E-state index in [9.17, 15) is 9.90 Å². The smallest absolute Gasteiger partial charge is 0.315 e. The Morgan fingerprint density at radius 1 is 1.36 bits per heavy atom. The van der Waals surface area contributed by atoms with Crippen LogP contribution in [0.15, 0.2) is 42.7 Å². The molecule has 2 aromatic rings. The van der Waals surface area contributed by atoms with Crippen molar-refractivity contribution >= 4 is 6.03 Å². The molecule has 3 unspecified atom stereocenters. The number of amides is 2. The van der Waals surface area contributed by atoms with Gasteiger partial charge in [0.2, 0.25) is 0 Å². The molecule has 0 aliphatic heterocycles. The zero-order chi connectivity index (χ0) is 18.4. The number of aromatic nitrogens is 2. The van der Waals surface area contributed by atoms with Crippen molar-refractivity contribution in [1.82, 2.24) is 20.4 Å². The van der Waals surface area contributed by atoms with Gasteiger partial charge in [0.05, 0.1) is 17.3 Å². The summed E-state index contributed by atoms with van der Waals surface area (Å²) >= 11 is 0. The first-order valence-corrected chi connectivity index (χ1v) is 8.70. The van der Waals surface area contributed by atoms with E-state index in [0.717, 1.165) is 17.7 Å². The first kappa shape index (κ1) is 19.0. The van der Waals surface area contributed by atoms with Gasteiger partial charge in [0.15, 0.2) is 0 Å². The summed E-state index contributed by atoms with van der Waals surface area (Å²) in [6.45, 7) is 7.89. The van der Waals surface area contributed by atoms with Crippen molar-refractivity contribution in [1.29, 1.82) is 0 Å². The van der Waals surface area contributed by atoms with Gasteiger partial charge in [-0.15, -0.1) is 0 Å². The summed E-state index contributed by atoms with van der Waals surface area (Å²) in [5.41, 5.74) is 1.00. The van der Waals surface area contributed by atoms with Crippen molar-refractivity contribution in [3.63, 3.8) is 0 Å². The molecule has 0 spiro atoms. The molecule has 2 amide bonds. The molecule has 3 atom stereocenters. The van der Waals surface area contributed by atoms with Crippen LogP contribution in [-0.4, -0.2) is 33.1 Å². The van der Waals surface area contributed by atoms with Crippen LogP contribution < -0.4 is 10.6 Å². The number of aliphatic hydroxyl groups is 1. The molecule has 6 heteroatoms. The van der Waals surface area contributed by atoms with Crippen LogP contribution in [0.5, 0.6) is 0 Å². The number of carbonyl (C=O) groups excluding carboxylic acids is 1. The number of rotatable bonds is 7. The van der Waals surface area contributed by atoms with Gasteiger partial charge >= 0.3 is 6.03 Å². The highest BCUT2D eigenvalue weighted by molar-refractivity contribution is 5.74. The second-order valence-corrected chi connectivity index (χ2v) is 6.76. The second-order valence-electron chi connectivity index (χ2n) is 6.76. The summed E-state index contributed by atoms with van der Waals surface area (Å²) < 4.78 is 1.78. The quantitative estimate of drug-likeness (QED) is 0.722. The highest BCUT2D eigenvalue weighted by Crippen LogP contribution is 2.19. The molecule has 0 fully saturated rings. The number of hydrogen-bond acceptors (Lipinski definition) is 3. The predicted molar refractivity (Wildman–Crippen MR) is 98.6 cm³/mol. The predicted octanol–water partition coefficient (Wildman–Crippen LogP) is 3.03. The Bertz CT molecular complexity index is 682. The van der Waals surface area contributed by atoms with Crippen LogP contribution in [0.25, 0.3) is 5.69 Å². The molecule has 0 saturated carbocycles. The normalized spacial score (nSPS) is 15.9. The molecule has 0 bridgehead atoms. The minimum absolute atomic E-state index is 0.107. The summed E-state index contributed by atoms with van der Waals surface area (Å²) in [6, 6.07) is 9.28. The Hall–Kier alpha value is -2.34. The highest BCUT2D eigenvalue weighted by atomic mass is 16.3. The highest BCUT2D eigenvalue weighted by Gasteiger charge is 2.27. The van der Waals surface area contributed by atoms with E-state index >= 15 is 0 Å². The Labute approximate surface area is 149 Å². The summed E-state index contributed by atoms with van der Waals surface area (Å²) in [5.74, 6) is 0.107. The van der Waals surface area contributed by atoms with Crippen LogP contribution >= 0.6 is 0 Å². The monoisotopic (exact) mass is 344 g/mol. The van der Waals surface area contributed by atoms with Gasteiger partial charge in [-0.05, 0) is 43.5 Å². The number of carbonyl (C=O) groups is 1. The number of hydrogen-bond donors (Lipinski definition) is 3. The Balaban J connectivity index is 1.94. The van der Waals surface area contributed by atoms with Gasteiger partial charge in [0, 0.05) is 18.9 Å². The Morgan fingerprint density at radius 3 is 2.76 bits per heavy atom. The van der Waals surface area contributed by atoms with Gasteiger partial charge < -0.3 is 15.7 Å². The fourth-order valence-electron chi connectivity index (χ4n) is 2.56. The van der Waals surface area contributed by atoms with Gasteiger partial charge in [-0.2, -0.15) is 5.10 Å². The lowest BCUT2D eigenvalue weighted by Gasteiger charge is -2.30. The second kappa shape index (κ2) is 8.16. The number of benzene rings is 1. The molecule has 1 aromatic carbocycles. The van der Waals surface area contributed by atoms with Crippen LogP contribution in [0.1, 0.15) is 45.7 Å². The molecular weight excluding hydrogens is 316 g/mol.